The fraction of sp³-hybridized carbons (Fsp3) is 0.512. The Balaban J connectivity index is -0.000000128. The summed E-state index contributed by atoms with van der Waals surface area (Å²) < 4.78 is 9.53. The molecule has 5 aromatic carbocycles. The molecule has 0 aliphatic rings. The van der Waals surface area contributed by atoms with E-state index in [1.165, 1.54) is 53.0 Å². The van der Waals surface area contributed by atoms with Crippen molar-refractivity contribution < 1.29 is 260 Å². The van der Waals surface area contributed by atoms with Gasteiger partial charge in [-0.25, -0.2) is 19.2 Å². The van der Waals surface area contributed by atoms with Gasteiger partial charge in [0, 0.05) is 14.0 Å². The van der Waals surface area contributed by atoms with E-state index in [-0.39, 0.29) is 263 Å². The largest absolute Gasteiger partial charge is 1.00 e. The number of aliphatic hydroxyl groups excluding tert-OH is 2. The monoisotopic (exact) mass is 2080 g/mol. The van der Waals surface area contributed by atoms with Crippen molar-refractivity contribution in [3.8, 4) is 0 Å². The summed E-state index contributed by atoms with van der Waals surface area (Å²) in [6.45, 7) is 21.7. The van der Waals surface area contributed by atoms with Crippen molar-refractivity contribution in [3.63, 3.8) is 0 Å². The van der Waals surface area contributed by atoms with Crippen LogP contribution in [0.5, 0.6) is 0 Å². The predicted octanol–water partition coefficient (Wildman–Crippen LogP) is 2.41. The molecule has 0 heterocycles. The molecule has 0 saturated heterocycles. The van der Waals surface area contributed by atoms with Crippen LogP contribution in [0.3, 0.4) is 0 Å². The molecule has 0 radical (unpaired) electrons. The van der Waals surface area contributed by atoms with Gasteiger partial charge in [-0.2, -0.15) is 26.1 Å². The van der Waals surface area contributed by atoms with Crippen LogP contribution in [0.25, 0.3) is 0 Å². The fourth-order valence-corrected chi connectivity index (χ4v) is 11.2. The minimum absolute atomic E-state index is 0. The number of hydroxylamine groups is 1. The first-order valence-corrected chi connectivity index (χ1v) is 39.7. The number of halogens is 4. The molecule has 654 valence electrons. The predicted molar refractivity (Wildman–Crippen MR) is 472 cm³/mol. The second-order valence-electron chi connectivity index (χ2n) is 27.1. The number of benzene rings is 5. The van der Waals surface area contributed by atoms with Crippen molar-refractivity contribution in [1.82, 2.24) is 21.4 Å². The zero-order chi connectivity index (χ0) is 84.3. The number of nitrogens with one attached hydrogen (secondary N) is 4. The molecule has 0 bridgehead atoms. The van der Waals surface area contributed by atoms with Crippen LogP contribution >= 0.6 is 82.2 Å². The molecule has 0 aliphatic heterocycles. The Morgan fingerprint density at radius 1 is 0.458 bits per heavy atom. The summed E-state index contributed by atoms with van der Waals surface area (Å²) in [5.41, 5.74) is 7.39. The molecular weight excluding hydrogens is 1950 g/mol. The maximum absolute atomic E-state index is 12.6. The van der Waals surface area contributed by atoms with E-state index in [0.717, 1.165) is 54.8 Å². The van der Waals surface area contributed by atoms with Gasteiger partial charge in [-0.05, 0) is 162 Å². The average Bonchev–Trinajstić information content (AvgIpc) is 0.881. The zero-order valence-electron chi connectivity index (χ0n) is 71.1. The van der Waals surface area contributed by atoms with Crippen LogP contribution in [0.2, 0.25) is 0 Å². The van der Waals surface area contributed by atoms with Gasteiger partial charge < -0.3 is 88.9 Å². The number of thioether (sulfide) groups is 1. The quantitative estimate of drug-likeness (QED) is 0.00897. The normalized spacial score (nSPS) is 11.9. The molecule has 5 rings (SSSR count). The van der Waals surface area contributed by atoms with E-state index in [1.54, 1.807) is 5.48 Å². The second kappa shape index (κ2) is 87.2. The summed E-state index contributed by atoms with van der Waals surface area (Å²) >= 11 is 11.8. The number of hydrogen-bond donors (Lipinski definition) is 10. The maximum atomic E-state index is 12.6. The van der Waals surface area contributed by atoms with Crippen molar-refractivity contribution in [3.05, 3.63) is 185 Å². The van der Waals surface area contributed by atoms with Crippen molar-refractivity contribution in [1.29, 1.82) is 0 Å². The summed E-state index contributed by atoms with van der Waals surface area (Å²) in [7, 11) is 3.64. The number of aryl methyl sites for hydroxylation is 5. The SMILES string of the molecule is C.CC(=O)[C@H](CC(C)C)N[O-].CC(C)=O.CC(C)C[C@H](NC(=O)[C@@H](S)CCc1ccccc1)C(=O)O.CO.COC(=O)[C@H](CC(C)C)NC(=O)[C@H](Br)CCc1ccccc1.COC(=O)[C@H](CC(C)C)NC(=O)[C@H](CCc1ccccc1)SC(C)=O.Cl.O=C(O)[C@H](Br)CCc1ccccc1.O=C(O)[C@H](O)CCc1ccccc1.S.[Br-].[Cs+].[K+].[Na+].[OH-]. The van der Waals surface area contributed by atoms with Crippen LogP contribution in [-0.4, -0.2) is 167 Å². The van der Waals surface area contributed by atoms with Crippen molar-refractivity contribution in [2.45, 2.75) is 231 Å². The molecule has 0 aromatic heterocycles. The minimum atomic E-state index is -1.25. The summed E-state index contributed by atoms with van der Waals surface area (Å²) in [5.74, 6) is -3.40. The first-order valence-electron chi connectivity index (χ1n) is 36.4. The van der Waals surface area contributed by atoms with E-state index in [4.69, 9.17) is 35.0 Å². The fourth-order valence-electron chi connectivity index (χ4n) is 9.58. The number of esters is 2. The number of hydrogen-bond acceptors (Lipinski definition) is 20. The molecule has 3 amide bonds. The number of carboxylic acid groups (broad SMARTS) is 3. The molecule has 0 aliphatic carbocycles. The van der Waals surface area contributed by atoms with Crippen LogP contribution in [0.4, 0.5) is 0 Å². The number of carboxylic acids is 3. The molecule has 0 saturated carbocycles. The Morgan fingerprint density at radius 2 is 0.729 bits per heavy atom. The van der Waals surface area contributed by atoms with Crippen LogP contribution < -0.4 is 188 Å². The van der Waals surface area contributed by atoms with Gasteiger partial charge >= 0.3 is 180 Å². The molecule has 34 heteroatoms. The number of ether oxygens (including phenoxy) is 2. The van der Waals surface area contributed by atoms with Crippen molar-refractivity contribution in [2.75, 3.05) is 21.3 Å². The van der Waals surface area contributed by atoms with Gasteiger partial charge in [0.2, 0.25) is 17.7 Å². The number of amides is 3. The molecule has 0 spiro atoms. The number of Topliss-reactive ketones (excluding diaryl/α,β-unsaturated/α-hetero) is 2. The van der Waals surface area contributed by atoms with Gasteiger partial charge in [0.25, 0.3) is 0 Å². The average molecular weight is 2080 g/mol. The number of aliphatic carboxylic acids is 3. The number of thiol groups is 1. The Labute approximate surface area is 875 Å². The van der Waals surface area contributed by atoms with Gasteiger partial charge in [-0.15, -0.1) is 12.4 Å². The zero-order valence-corrected chi connectivity index (χ0v) is 90.8. The van der Waals surface area contributed by atoms with E-state index in [0.29, 0.717) is 76.0 Å². The number of carbonyl (C=O) groups excluding carboxylic acids is 8. The molecule has 9 atom stereocenters. The minimum Gasteiger partial charge on any atom is -1.00 e. The van der Waals surface area contributed by atoms with Gasteiger partial charge in [-0.3, -0.25) is 28.8 Å². The third kappa shape index (κ3) is 77.7. The Kier molecular flexibility index (Phi) is 103. The van der Waals surface area contributed by atoms with Gasteiger partial charge in [0.05, 0.1) is 35.6 Å². The molecule has 0 unspecified atom stereocenters. The summed E-state index contributed by atoms with van der Waals surface area (Å²) in [6, 6.07) is 46.4. The third-order valence-electron chi connectivity index (χ3n) is 15.1. The molecule has 5 aromatic rings. The van der Waals surface area contributed by atoms with Gasteiger partial charge in [0.15, 0.2) is 11.2 Å². The standard InChI is InChI=1S/C19H27NO4S.C17H24BrNO3.C16H23NO3S.C10H11BrO2.C10H12O3.C7H14NO2.C3H6O.CH4O.CH4.BrH.ClH.Cs.K.Na.H2O.H2S/c1-13(2)12-16(19(23)24-4)20-18(22)17(25-14(3)21)11-10-15-8-6-5-7-9-15;1-12(2)11-15(17(21)22-3)19-16(20)14(18)10-9-13-7-5-4-6-8-13;1-11(2)10-13(16(19)20)17-15(18)14(21)9-8-12-6-4-3-5-7-12;2*11-9(10(12)13)7-6-8-4-2-1-3-5-8;1-5(2)4-7(8-10)6(3)9;1-3(2)4;1-2;;;;;;;;/h5-9,13,16-17H,10-12H2,1-4H3,(H,20,22);4-8,12,14-15H,9-11H2,1-3H3,(H,19,20);3-7,11,13-14,21H,8-10H2,1-2H3,(H,17,18)(H,19,20);1-5,9H,6-7H2,(H,12,13);1-5,9,11H,6-7H2,(H,12,13);5,7-8H,4H2,1-3H3;1-2H3;2H,1H3;1H4;2*1H;;;;2*1H2/q;;;;;-1;;;;;;3*+1;;/p-2/t16-,17-;14-,15+;13-,14-;2*9-;7-;;;;;;;;;;/m010110........../s1. The maximum Gasteiger partial charge on any atom is 1.00 e. The van der Waals surface area contributed by atoms with E-state index in [9.17, 15) is 57.9 Å². The Hall–Kier alpha value is -1.86. The second-order valence-corrected chi connectivity index (χ2v) is 31.4. The first kappa shape index (κ1) is 139. The summed E-state index contributed by atoms with van der Waals surface area (Å²) in [6.07, 6.45) is 7.13. The Morgan fingerprint density at radius 3 is 0.992 bits per heavy atom. The Bertz CT molecular complexity index is 3330. The van der Waals surface area contributed by atoms with Gasteiger partial charge in [-0.1, -0.05) is 258 Å². The first-order chi connectivity index (χ1) is 51.9. The van der Waals surface area contributed by atoms with Crippen LogP contribution in [0.15, 0.2) is 152 Å². The van der Waals surface area contributed by atoms with E-state index >= 15 is 0 Å². The topological polar surface area (TPSA) is 409 Å². The van der Waals surface area contributed by atoms with Crippen molar-refractivity contribution >= 4 is 146 Å². The smallest absolute Gasteiger partial charge is 1.00 e. The summed E-state index contributed by atoms with van der Waals surface area (Å²) in [4.78, 5) is 123. The molecule has 10 N–H and O–H groups in total. The number of ketones is 2. The molecular formula is C84H129Br3ClCsKN4NaO20S3. The number of methoxy groups -OCH3 is 2. The number of rotatable bonds is 37. The van der Waals surface area contributed by atoms with Crippen LogP contribution in [0.1, 0.15) is 176 Å². The van der Waals surface area contributed by atoms with E-state index < -0.39 is 75.4 Å². The third-order valence-corrected chi connectivity index (χ3v) is 18.4. The van der Waals surface area contributed by atoms with Crippen LogP contribution in [0, 0.1) is 28.9 Å². The van der Waals surface area contributed by atoms with Crippen LogP contribution in [-0.2, 0) is 94.3 Å². The van der Waals surface area contributed by atoms with Crippen molar-refractivity contribution in [2.24, 2.45) is 23.7 Å². The number of alkyl halides is 2. The van der Waals surface area contributed by atoms with E-state index in [2.05, 4.69) is 60.4 Å². The number of carbonyl (C=O) groups is 11. The molecule has 118 heavy (non-hydrogen) atoms. The van der Waals surface area contributed by atoms with Gasteiger partial charge in [0.1, 0.15) is 34.5 Å². The number of aliphatic hydroxyl groups is 2. The van der Waals surface area contributed by atoms with E-state index in [1.807, 2.05) is 207 Å². The molecule has 24 nitrogen and oxygen atoms in total. The molecule has 0 fully saturated rings. The summed E-state index contributed by atoms with van der Waals surface area (Å²) in [5, 5.41) is 59.2.